The van der Waals surface area contributed by atoms with Gasteiger partial charge in [-0.15, -0.1) is 0 Å². The summed E-state index contributed by atoms with van der Waals surface area (Å²) in [7, 11) is 0. The largest absolute Gasteiger partial charge is 0.289 e. The summed E-state index contributed by atoms with van der Waals surface area (Å²) in [5.74, 6) is -0.452. The Kier molecular flexibility index (Phi) is 4.51. The van der Waals surface area contributed by atoms with Gasteiger partial charge in [0.05, 0.1) is 16.8 Å². The fourth-order valence-electron chi connectivity index (χ4n) is 3.99. The van der Waals surface area contributed by atoms with Gasteiger partial charge in [-0.1, -0.05) is 42.5 Å². The van der Waals surface area contributed by atoms with Gasteiger partial charge in [0.15, 0.2) is 0 Å². The standard InChI is InChI=1S/C23H17N5O3/c29-23(27-24-13-14-3-1-5-17(11-14)28(30)31)21-12-20(25-26-21)18-10-9-16-8-7-15-4-2-6-19(18)22(15)16/h1-6,9-13H,7-8H2,(H,25,26)(H,27,29)/b24-13+. The van der Waals surface area contributed by atoms with Crippen LogP contribution in [0.4, 0.5) is 5.69 Å². The van der Waals surface area contributed by atoms with E-state index < -0.39 is 10.8 Å². The lowest BCUT2D eigenvalue weighted by Gasteiger charge is -2.06. The number of hydrazone groups is 1. The van der Waals surface area contributed by atoms with Gasteiger partial charge in [0.25, 0.3) is 11.6 Å². The fraction of sp³-hybridized carbons (Fsp3) is 0.0870. The van der Waals surface area contributed by atoms with Crippen LogP contribution < -0.4 is 5.43 Å². The zero-order valence-electron chi connectivity index (χ0n) is 16.3. The van der Waals surface area contributed by atoms with Crippen molar-refractivity contribution in [1.82, 2.24) is 15.6 Å². The third-order valence-corrected chi connectivity index (χ3v) is 5.44. The molecule has 31 heavy (non-hydrogen) atoms. The van der Waals surface area contributed by atoms with E-state index >= 15 is 0 Å². The van der Waals surface area contributed by atoms with Crippen LogP contribution in [0, 0.1) is 10.1 Å². The summed E-state index contributed by atoms with van der Waals surface area (Å²) in [5.41, 5.74) is 7.50. The first-order valence-electron chi connectivity index (χ1n) is 9.77. The van der Waals surface area contributed by atoms with Crippen LogP contribution in [-0.2, 0) is 12.8 Å². The molecule has 0 aliphatic heterocycles. The van der Waals surface area contributed by atoms with Gasteiger partial charge in [-0.05, 0) is 40.8 Å². The van der Waals surface area contributed by atoms with E-state index in [4.69, 9.17) is 0 Å². The number of aromatic amines is 1. The second-order valence-electron chi connectivity index (χ2n) is 7.33. The van der Waals surface area contributed by atoms with Crippen LogP contribution in [-0.4, -0.2) is 27.2 Å². The highest BCUT2D eigenvalue weighted by Gasteiger charge is 2.18. The number of nitro benzene ring substituents is 1. The summed E-state index contributed by atoms with van der Waals surface area (Å²) >= 11 is 0. The molecule has 1 aliphatic rings. The second kappa shape index (κ2) is 7.49. The molecular formula is C23H17N5O3. The SMILES string of the molecule is O=C(N/N=C/c1cccc([N+](=O)[O-])c1)c1cc(-c2ccc3c4c(cccc24)CC3)n[nH]1. The van der Waals surface area contributed by atoms with Crippen molar-refractivity contribution in [2.75, 3.05) is 0 Å². The number of aromatic nitrogens is 2. The zero-order valence-corrected chi connectivity index (χ0v) is 16.3. The summed E-state index contributed by atoms with van der Waals surface area (Å²) in [5, 5.41) is 24.2. The van der Waals surface area contributed by atoms with Crippen LogP contribution in [0.5, 0.6) is 0 Å². The van der Waals surface area contributed by atoms with Crippen LogP contribution in [0.3, 0.4) is 0 Å². The number of hydrogen-bond acceptors (Lipinski definition) is 5. The van der Waals surface area contributed by atoms with E-state index in [9.17, 15) is 14.9 Å². The number of non-ortho nitro benzene ring substituents is 1. The monoisotopic (exact) mass is 411 g/mol. The van der Waals surface area contributed by atoms with Crippen LogP contribution in [0.25, 0.3) is 22.0 Å². The average Bonchev–Trinajstić information content (AvgIpc) is 3.43. The van der Waals surface area contributed by atoms with Crippen molar-refractivity contribution in [1.29, 1.82) is 0 Å². The number of carbonyl (C=O) groups excluding carboxylic acids is 1. The highest BCUT2D eigenvalue weighted by Crippen LogP contribution is 2.36. The van der Waals surface area contributed by atoms with E-state index in [2.05, 4.69) is 45.0 Å². The van der Waals surface area contributed by atoms with E-state index in [1.165, 1.54) is 34.9 Å². The van der Waals surface area contributed by atoms with Crippen molar-refractivity contribution in [2.24, 2.45) is 5.10 Å². The average molecular weight is 411 g/mol. The third-order valence-electron chi connectivity index (χ3n) is 5.44. The molecular weight excluding hydrogens is 394 g/mol. The summed E-state index contributed by atoms with van der Waals surface area (Å²) in [6, 6.07) is 18.1. The predicted octanol–water partition coefficient (Wildman–Crippen LogP) is 4.00. The molecule has 0 spiro atoms. The van der Waals surface area contributed by atoms with Crippen molar-refractivity contribution in [3.8, 4) is 11.3 Å². The molecule has 1 aliphatic carbocycles. The number of aryl methyl sites for hydroxylation is 2. The van der Waals surface area contributed by atoms with Gasteiger partial charge in [0.2, 0.25) is 0 Å². The van der Waals surface area contributed by atoms with E-state index in [1.807, 2.05) is 6.07 Å². The molecule has 1 aromatic heterocycles. The van der Waals surface area contributed by atoms with Crippen LogP contribution in [0.1, 0.15) is 27.2 Å². The summed E-state index contributed by atoms with van der Waals surface area (Å²) in [6.07, 6.45) is 3.45. The number of nitrogens with one attached hydrogen (secondary N) is 2. The number of nitrogens with zero attached hydrogens (tertiary/aromatic N) is 3. The predicted molar refractivity (Wildman–Crippen MR) is 117 cm³/mol. The molecule has 4 aromatic rings. The number of nitro groups is 1. The highest BCUT2D eigenvalue weighted by atomic mass is 16.6. The van der Waals surface area contributed by atoms with Crippen molar-refractivity contribution >= 4 is 28.6 Å². The summed E-state index contributed by atoms with van der Waals surface area (Å²) < 4.78 is 0. The molecule has 1 amide bonds. The quantitative estimate of drug-likeness (QED) is 0.293. The Morgan fingerprint density at radius 1 is 1.10 bits per heavy atom. The molecule has 0 saturated carbocycles. The van der Waals surface area contributed by atoms with Gasteiger partial charge < -0.3 is 0 Å². The maximum Gasteiger partial charge on any atom is 0.289 e. The van der Waals surface area contributed by atoms with E-state index in [-0.39, 0.29) is 11.4 Å². The number of hydrogen-bond donors (Lipinski definition) is 2. The third kappa shape index (κ3) is 3.44. The van der Waals surface area contributed by atoms with Gasteiger partial charge in [-0.25, -0.2) is 5.43 Å². The molecule has 0 unspecified atom stereocenters. The van der Waals surface area contributed by atoms with E-state index in [1.54, 1.807) is 18.2 Å². The van der Waals surface area contributed by atoms with Gasteiger partial charge in [-0.2, -0.15) is 10.2 Å². The number of carbonyl (C=O) groups is 1. The maximum atomic E-state index is 12.4. The Morgan fingerprint density at radius 3 is 2.74 bits per heavy atom. The van der Waals surface area contributed by atoms with Gasteiger partial charge in [0.1, 0.15) is 5.69 Å². The molecule has 8 nitrogen and oxygen atoms in total. The van der Waals surface area contributed by atoms with Gasteiger partial charge in [-0.3, -0.25) is 20.0 Å². The molecule has 1 heterocycles. The number of benzene rings is 3. The Balaban J connectivity index is 1.36. The number of H-pyrrole nitrogens is 1. The van der Waals surface area contributed by atoms with Crippen LogP contribution in [0.2, 0.25) is 0 Å². The minimum Gasteiger partial charge on any atom is -0.272 e. The molecule has 0 bridgehead atoms. The number of amides is 1. The Morgan fingerprint density at radius 2 is 1.90 bits per heavy atom. The van der Waals surface area contributed by atoms with Crippen molar-refractivity contribution in [3.63, 3.8) is 0 Å². The highest BCUT2D eigenvalue weighted by molar-refractivity contribution is 6.02. The lowest BCUT2D eigenvalue weighted by molar-refractivity contribution is -0.384. The molecule has 152 valence electrons. The summed E-state index contributed by atoms with van der Waals surface area (Å²) in [4.78, 5) is 22.8. The van der Waals surface area contributed by atoms with Crippen molar-refractivity contribution in [2.45, 2.75) is 12.8 Å². The Labute approximate surface area is 176 Å². The smallest absolute Gasteiger partial charge is 0.272 e. The van der Waals surface area contributed by atoms with Crippen molar-refractivity contribution < 1.29 is 9.72 Å². The fourth-order valence-corrected chi connectivity index (χ4v) is 3.99. The topological polar surface area (TPSA) is 113 Å². The Bertz CT molecular complexity index is 1360. The molecule has 0 atom stereocenters. The van der Waals surface area contributed by atoms with E-state index in [0.29, 0.717) is 11.3 Å². The van der Waals surface area contributed by atoms with E-state index in [0.717, 1.165) is 23.8 Å². The maximum absolute atomic E-state index is 12.4. The molecule has 2 N–H and O–H groups in total. The lowest BCUT2D eigenvalue weighted by Crippen LogP contribution is -2.18. The lowest BCUT2D eigenvalue weighted by atomic mass is 9.98. The molecule has 8 heteroatoms. The minimum atomic E-state index is -0.484. The second-order valence-corrected chi connectivity index (χ2v) is 7.33. The van der Waals surface area contributed by atoms with Crippen LogP contribution >= 0.6 is 0 Å². The molecule has 0 radical (unpaired) electrons. The van der Waals surface area contributed by atoms with Gasteiger partial charge in [0, 0.05) is 23.3 Å². The summed E-state index contributed by atoms with van der Waals surface area (Å²) in [6.45, 7) is 0. The van der Waals surface area contributed by atoms with Crippen LogP contribution in [0.15, 0.2) is 65.8 Å². The first-order valence-corrected chi connectivity index (χ1v) is 9.77. The minimum absolute atomic E-state index is 0.0427. The normalized spacial score (nSPS) is 12.5. The molecule has 5 rings (SSSR count). The Hall–Kier alpha value is -4.33. The molecule has 3 aromatic carbocycles. The first kappa shape index (κ1) is 18.7. The van der Waals surface area contributed by atoms with Crippen molar-refractivity contribution in [3.05, 3.63) is 93.2 Å². The van der Waals surface area contributed by atoms with Gasteiger partial charge >= 0.3 is 0 Å². The molecule has 0 fully saturated rings. The first-order chi connectivity index (χ1) is 15.1. The number of rotatable bonds is 5. The zero-order chi connectivity index (χ0) is 21.4. The molecule has 0 saturated heterocycles.